The second-order valence-electron chi connectivity index (χ2n) is 7.32. The molecule has 4 atom stereocenters. The van der Waals surface area contributed by atoms with Crippen LogP contribution >= 0.6 is 0 Å². The number of amides is 2. The first-order chi connectivity index (χ1) is 12.9. The number of benzene rings is 1. The molecule has 1 saturated carbocycles. The standard InChI is InChI=1S/C19H20F2N2O4/c1-9(25)22-6-12-7-23(19(26)27-12)11-4-16(20)18(17(21)5-11)10-2-13-14(3-10)15(13)8-24/h2,4-5,12-15,24H,3,6-8H2,1H3,(H,22,25)/t12-,13-,14-,15-/m0/s1. The summed E-state index contributed by atoms with van der Waals surface area (Å²) in [5.41, 5.74) is 0.634. The van der Waals surface area contributed by atoms with E-state index in [1.807, 2.05) is 6.08 Å². The number of aliphatic hydroxyl groups excluding tert-OH is 1. The molecule has 0 bridgehead atoms. The van der Waals surface area contributed by atoms with E-state index in [2.05, 4.69) is 5.32 Å². The first kappa shape index (κ1) is 17.9. The van der Waals surface area contributed by atoms with Crippen molar-refractivity contribution in [2.75, 3.05) is 24.6 Å². The van der Waals surface area contributed by atoms with Crippen LogP contribution in [0.1, 0.15) is 18.9 Å². The zero-order valence-electron chi connectivity index (χ0n) is 14.7. The van der Waals surface area contributed by atoms with Gasteiger partial charge in [0.2, 0.25) is 5.91 Å². The average molecular weight is 378 g/mol. The van der Waals surface area contributed by atoms with Crippen LogP contribution in [0.15, 0.2) is 18.2 Å². The Balaban J connectivity index is 1.52. The van der Waals surface area contributed by atoms with Gasteiger partial charge < -0.3 is 15.2 Å². The minimum Gasteiger partial charge on any atom is -0.442 e. The summed E-state index contributed by atoms with van der Waals surface area (Å²) in [6.45, 7) is 1.69. The van der Waals surface area contributed by atoms with E-state index in [4.69, 9.17) is 4.74 Å². The Morgan fingerprint density at radius 2 is 2.07 bits per heavy atom. The molecule has 0 aromatic heterocycles. The number of nitrogens with zero attached hydrogens (tertiary/aromatic N) is 1. The number of nitrogens with one attached hydrogen (secondary N) is 1. The molecule has 1 aromatic rings. The van der Waals surface area contributed by atoms with Crippen LogP contribution < -0.4 is 10.2 Å². The summed E-state index contributed by atoms with van der Waals surface area (Å²) in [5.74, 6) is -1.03. The molecule has 2 amide bonds. The van der Waals surface area contributed by atoms with Crippen molar-refractivity contribution in [2.45, 2.75) is 19.4 Å². The summed E-state index contributed by atoms with van der Waals surface area (Å²) in [6.07, 6.45) is 1.12. The van der Waals surface area contributed by atoms with Crippen LogP contribution in [0.25, 0.3) is 5.57 Å². The van der Waals surface area contributed by atoms with Crippen LogP contribution in [0.2, 0.25) is 0 Å². The third-order valence-electron chi connectivity index (χ3n) is 5.57. The number of fused-ring (bicyclic) bond motifs is 1. The van der Waals surface area contributed by atoms with Gasteiger partial charge in [0.1, 0.15) is 17.7 Å². The third-order valence-corrected chi connectivity index (χ3v) is 5.57. The molecule has 1 saturated heterocycles. The molecule has 0 radical (unpaired) electrons. The first-order valence-corrected chi connectivity index (χ1v) is 8.92. The monoisotopic (exact) mass is 378 g/mol. The number of cyclic esters (lactones) is 1. The van der Waals surface area contributed by atoms with E-state index in [-0.39, 0.29) is 54.6 Å². The number of aliphatic hydroxyl groups is 1. The Morgan fingerprint density at radius 3 is 2.63 bits per heavy atom. The molecular weight excluding hydrogens is 358 g/mol. The lowest BCUT2D eigenvalue weighted by molar-refractivity contribution is -0.119. The highest BCUT2D eigenvalue weighted by Gasteiger charge is 2.52. The lowest BCUT2D eigenvalue weighted by atomic mass is 9.99. The number of carbonyl (C=O) groups is 2. The van der Waals surface area contributed by atoms with Gasteiger partial charge in [0.25, 0.3) is 0 Å². The molecule has 0 unspecified atom stereocenters. The Labute approximate surface area is 154 Å². The number of carbonyl (C=O) groups excluding carboxylic acids is 2. The van der Waals surface area contributed by atoms with Gasteiger partial charge in [-0.2, -0.15) is 0 Å². The molecule has 2 aliphatic carbocycles. The van der Waals surface area contributed by atoms with Crippen molar-refractivity contribution in [3.05, 3.63) is 35.4 Å². The highest BCUT2D eigenvalue weighted by Crippen LogP contribution is 2.58. The van der Waals surface area contributed by atoms with Crippen molar-refractivity contribution in [1.29, 1.82) is 0 Å². The van der Waals surface area contributed by atoms with Gasteiger partial charge in [0.05, 0.1) is 18.8 Å². The quantitative estimate of drug-likeness (QED) is 0.822. The minimum atomic E-state index is -0.726. The second-order valence-corrected chi connectivity index (χ2v) is 7.32. The van der Waals surface area contributed by atoms with Gasteiger partial charge in [-0.3, -0.25) is 9.69 Å². The van der Waals surface area contributed by atoms with Crippen LogP contribution in [0.4, 0.5) is 19.3 Å². The maximum atomic E-state index is 14.6. The number of allylic oxidation sites excluding steroid dienone is 2. The molecular formula is C19H20F2N2O4. The molecule has 1 heterocycles. The van der Waals surface area contributed by atoms with Crippen LogP contribution in [0.5, 0.6) is 0 Å². The number of halogens is 2. The van der Waals surface area contributed by atoms with Crippen LogP contribution in [-0.4, -0.2) is 42.9 Å². The lowest BCUT2D eigenvalue weighted by Crippen LogP contribution is -2.33. The Hall–Kier alpha value is -2.48. The molecule has 4 rings (SSSR count). The molecule has 3 aliphatic rings. The number of ether oxygens (including phenoxy) is 1. The van der Waals surface area contributed by atoms with Gasteiger partial charge in [-0.25, -0.2) is 13.6 Å². The molecule has 6 nitrogen and oxygen atoms in total. The Morgan fingerprint density at radius 1 is 1.37 bits per heavy atom. The van der Waals surface area contributed by atoms with E-state index < -0.39 is 23.8 Å². The van der Waals surface area contributed by atoms with Crippen molar-refractivity contribution in [2.24, 2.45) is 17.8 Å². The number of hydrogen-bond acceptors (Lipinski definition) is 4. The number of rotatable bonds is 5. The maximum absolute atomic E-state index is 14.6. The van der Waals surface area contributed by atoms with Gasteiger partial charge in [-0.15, -0.1) is 0 Å². The zero-order chi connectivity index (χ0) is 19.3. The Kier molecular flexibility index (Phi) is 4.38. The second kappa shape index (κ2) is 6.60. The van der Waals surface area contributed by atoms with Crippen molar-refractivity contribution < 1.29 is 28.2 Å². The minimum absolute atomic E-state index is 0.0648. The van der Waals surface area contributed by atoms with Crippen molar-refractivity contribution in [3.8, 4) is 0 Å². The summed E-state index contributed by atoms with van der Waals surface area (Å²) in [6, 6.07) is 2.27. The molecule has 1 aromatic carbocycles. The topological polar surface area (TPSA) is 78.9 Å². The van der Waals surface area contributed by atoms with Gasteiger partial charge in [-0.1, -0.05) is 6.08 Å². The molecule has 2 N–H and O–H groups in total. The van der Waals surface area contributed by atoms with E-state index in [0.29, 0.717) is 12.0 Å². The summed E-state index contributed by atoms with van der Waals surface area (Å²) in [7, 11) is 0. The fraction of sp³-hybridized carbons (Fsp3) is 0.474. The largest absolute Gasteiger partial charge is 0.442 e. The van der Waals surface area contributed by atoms with Crippen LogP contribution in [0, 0.1) is 29.4 Å². The number of hydrogen-bond donors (Lipinski definition) is 2. The SMILES string of the molecule is CC(=O)NC[C@H]1CN(c2cc(F)c(C3=C[C@@H]4[C@H](CO)[C@H]4C3)c(F)c2)C(=O)O1. The molecule has 0 spiro atoms. The van der Waals surface area contributed by atoms with Crippen molar-refractivity contribution >= 4 is 23.3 Å². The molecule has 144 valence electrons. The summed E-state index contributed by atoms with van der Waals surface area (Å²) >= 11 is 0. The highest BCUT2D eigenvalue weighted by atomic mass is 19.1. The molecule has 27 heavy (non-hydrogen) atoms. The lowest BCUT2D eigenvalue weighted by Gasteiger charge is -2.16. The summed E-state index contributed by atoms with van der Waals surface area (Å²) < 4.78 is 34.4. The fourth-order valence-electron chi connectivity index (χ4n) is 4.12. The van der Waals surface area contributed by atoms with Crippen molar-refractivity contribution in [1.82, 2.24) is 5.32 Å². The number of anilines is 1. The maximum Gasteiger partial charge on any atom is 0.414 e. The van der Waals surface area contributed by atoms with Crippen LogP contribution in [0.3, 0.4) is 0 Å². The van der Waals surface area contributed by atoms with Crippen molar-refractivity contribution in [3.63, 3.8) is 0 Å². The van der Waals surface area contributed by atoms with Crippen LogP contribution in [-0.2, 0) is 9.53 Å². The van der Waals surface area contributed by atoms with Gasteiger partial charge in [0, 0.05) is 19.1 Å². The van der Waals surface area contributed by atoms with E-state index in [1.165, 1.54) is 6.92 Å². The predicted octanol–water partition coefficient (Wildman–Crippen LogP) is 2.07. The predicted molar refractivity (Wildman–Crippen MR) is 92.8 cm³/mol. The van der Waals surface area contributed by atoms with E-state index in [0.717, 1.165) is 17.0 Å². The van der Waals surface area contributed by atoms with Gasteiger partial charge in [0.15, 0.2) is 0 Å². The van der Waals surface area contributed by atoms with E-state index >= 15 is 0 Å². The molecule has 2 fully saturated rings. The van der Waals surface area contributed by atoms with Gasteiger partial charge >= 0.3 is 6.09 Å². The normalized spacial score (nSPS) is 28.7. The van der Waals surface area contributed by atoms with E-state index in [9.17, 15) is 23.5 Å². The fourth-order valence-corrected chi connectivity index (χ4v) is 4.12. The molecule has 8 heteroatoms. The summed E-state index contributed by atoms with van der Waals surface area (Å²) in [4.78, 5) is 24.1. The Bertz CT molecular complexity index is 818. The third kappa shape index (κ3) is 3.18. The van der Waals surface area contributed by atoms with E-state index in [1.54, 1.807) is 0 Å². The highest BCUT2D eigenvalue weighted by molar-refractivity contribution is 5.90. The first-order valence-electron chi connectivity index (χ1n) is 8.92. The average Bonchev–Trinajstić information content (AvgIpc) is 2.92. The van der Waals surface area contributed by atoms with Gasteiger partial charge in [-0.05, 0) is 41.9 Å². The smallest absolute Gasteiger partial charge is 0.414 e. The molecule has 1 aliphatic heterocycles. The summed E-state index contributed by atoms with van der Waals surface area (Å²) in [5, 5.41) is 11.7. The zero-order valence-corrected chi connectivity index (χ0v) is 14.7.